The second kappa shape index (κ2) is 8.09. The molecule has 0 aromatic heterocycles. The third kappa shape index (κ3) is 7.31. The van der Waals surface area contributed by atoms with Crippen molar-refractivity contribution in [3.05, 3.63) is 0 Å². The van der Waals surface area contributed by atoms with Crippen LogP contribution in [0.15, 0.2) is 0 Å². The maximum absolute atomic E-state index is 12.0. The van der Waals surface area contributed by atoms with Gasteiger partial charge in [0.05, 0.1) is 10.9 Å². The Morgan fingerprint density at radius 1 is 1.28 bits per heavy atom. The van der Waals surface area contributed by atoms with E-state index in [1.807, 2.05) is 20.8 Å². The monoisotopic (exact) mass is 280 g/mol. The molecule has 0 rings (SSSR count). The molecule has 2 N–H and O–H groups in total. The zero-order valence-corrected chi connectivity index (χ0v) is 13.1. The van der Waals surface area contributed by atoms with Crippen molar-refractivity contribution in [3.63, 3.8) is 0 Å². The smallest absolute Gasteiger partial charge is 0.215 e. The van der Waals surface area contributed by atoms with Crippen molar-refractivity contribution in [2.75, 3.05) is 26.2 Å². The Morgan fingerprint density at radius 2 is 1.89 bits per heavy atom. The molecular weight excluding hydrogens is 252 g/mol. The predicted octanol–water partition coefficient (Wildman–Crippen LogP) is 1.11. The minimum Gasteiger partial charge on any atom is -0.375 e. The first-order chi connectivity index (χ1) is 8.25. The number of hydrogen-bond acceptors (Lipinski definition) is 4. The van der Waals surface area contributed by atoms with Gasteiger partial charge in [-0.3, -0.25) is 0 Å². The summed E-state index contributed by atoms with van der Waals surface area (Å²) in [5.74, 6) is 0. The molecule has 0 saturated carbocycles. The summed E-state index contributed by atoms with van der Waals surface area (Å²) in [5, 5.41) is 2.67. The van der Waals surface area contributed by atoms with E-state index < -0.39 is 20.9 Å². The summed E-state index contributed by atoms with van der Waals surface area (Å²) in [6.45, 7) is 11.6. The summed E-state index contributed by atoms with van der Waals surface area (Å²) in [7, 11) is -3.28. The van der Waals surface area contributed by atoms with Crippen LogP contribution in [-0.2, 0) is 14.8 Å². The van der Waals surface area contributed by atoms with E-state index in [0.717, 1.165) is 13.0 Å². The van der Waals surface area contributed by atoms with Crippen molar-refractivity contribution in [1.29, 1.82) is 0 Å². The van der Waals surface area contributed by atoms with Crippen LogP contribution in [0.2, 0.25) is 0 Å². The van der Waals surface area contributed by atoms with Crippen molar-refractivity contribution in [2.24, 2.45) is 0 Å². The molecular formula is C12H28N2O3S. The second-order valence-corrected chi connectivity index (χ2v) is 7.26. The van der Waals surface area contributed by atoms with E-state index in [1.54, 1.807) is 6.92 Å². The molecule has 5 nitrogen and oxygen atoms in total. The molecule has 0 aromatic carbocycles. The number of rotatable bonds is 10. The third-order valence-corrected chi connectivity index (χ3v) is 4.40. The van der Waals surface area contributed by atoms with Crippen LogP contribution in [-0.4, -0.2) is 45.5 Å². The highest BCUT2D eigenvalue weighted by molar-refractivity contribution is 7.90. The first-order valence-corrected chi connectivity index (χ1v) is 8.13. The van der Waals surface area contributed by atoms with Crippen LogP contribution < -0.4 is 10.0 Å². The van der Waals surface area contributed by atoms with Crippen LogP contribution >= 0.6 is 0 Å². The van der Waals surface area contributed by atoms with E-state index in [0.29, 0.717) is 19.7 Å². The Balaban J connectivity index is 4.21. The maximum atomic E-state index is 12.0. The Bertz CT molecular complexity index is 315. The van der Waals surface area contributed by atoms with E-state index in [2.05, 4.69) is 17.0 Å². The number of ether oxygens (including phenoxy) is 1. The molecule has 1 atom stereocenters. The van der Waals surface area contributed by atoms with E-state index in [1.165, 1.54) is 0 Å². The SMILES string of the molecule is CCCNCC(C)S(=O)(=O)NCC(C)(C)OCC. The van der Waals surface area contributed by atoms with Crippen LogP contribution in [0, 0.1) is 0 Å². The molecule has 0 saturated heterocycles. The van der Waals surface area contributed by atoms with Gasteiger partial charge in [-0.25, -0.2) is 13.1 Å². The minimum atomic E-state index is -3.28. The van der Waals surface area contributed by atoms with Crippen LogP contribution in [0.25, 0.3) is 0 Å². The highest BCUT2D eigenvalue weighted by Gasteiger charge is 2.25. The number of hydrogen-bond donors (Lipinski definition) is 2. The highest BCUT2D eigenvalue weighted by atomic mass is 32.2. The predicted molar refractivity (Wildman–Crippen MR) is 75.3 cm³/mol. The summed E-state index contributed by atoms with van der Waals surface area (Å²) in [5.41, 5.74) is -0.474. The van der Waals surface area contributed by atoms with Crippen molar-refractivity contribution < 1.29 is 13.2 Å². The van der Waals surface area contributed by atoms with Gasteiger partial charge < -0.3 is 10.1 Å². The van der Waals surface area contributed by atoms with Gasteiger partial charge in [0.15, 0.2) is 0 Å². The van der Waals surface area contributed by atoms with Crippen LogP contribution in [0.3, 0.4) is 0 Å². The van der Waals surface area contributed by atoms with Crippen molar-refractivity contribution in [1.82, 2.24) is 10.0 Å². The molecule has 0 fully saturated rings. The fourth-order valence-corrected chi connectivity index (χ4v) is 2.62. The van der Waals surface area contributed by atoms with Crippen molar-refractivity contribution in [3.8, 4) is 0 Å². The van der Waals surface area contributed by atoms with E-state index in [-0.39, 0.29) is 0 Å². The first kappa shape index (κ1) is 17.8. The molecule has 0 aliphatic heterocycles. The van der Waals surface area contributed by atoms with Crippen molar-refractivity contribution in [2.45, 2.75) is 51.9 Å². The quantitative estimate of drug-likeness (QED) is 0.588. The average molecular weight is 280 g/mol. The van der Waals surface area contributed by atoms with E-state index in [9.17, 15) is 8.42 Å². The molecule has 1 unspecified atom stereocenters. The van der Waals surface area contributed by atoms with Gasteiger partial charge >= 0.3 is 0 Å². The third-order valence-electron chi connectivity index (χ3n) is 2.62. The Hall–Kier alpha value is -0.170. The summed E-state index contributed by atoms with van der Waals surface area (Å²) in [6, 6.07) is 0. The topological polar surface area (TPSA) is 67.4 Å². The lowest BCUT2D eigenvalue weighted by molar-refractivity contribution is -0.00518. The fourth-order valence-electron chi connectivity index (χ4n) is 1.45. The Labute approximate surface area is 112 Å². The van der Waals surface area contributed by atoms with Gasteiger partial charge in [0.1, 0.15) is 0 Å². The largest absolute Gasteiger partial charge is 0.375 e. The zero-order chi connectivity index (χ0) is 14.2. The lowest BCUT2D eigenvalue weighted by Gasteiger charge is -2.26. The first-order valence-electron chi connectivity index (χ1n) is 6.58. The van der Waals surface area contributed by atoms with Gasteiger partial charge in [-0.15, -0.1) is 0 Å². The molecule has 18 heavy (non-hydrogen) atoms. The molecule has 0 bridgehead atoms. The Morgan fingerprint density at radius 3 is 2.39 bits per heavy atom. The maximum Gasteiger partial charge on any atom is 0.215 e. The molecule has 0 heterocycles. The molecule has 0 aliphatic rings. The zero-order valence-electron chi connectivity index (χ0n) is 12.2. The van der Waals surface area contributed by atoms with Crippen LogP contribution in [0.1, 0.15) is 41.0 Å². The van der Waals surface area contributed by atoms with Gasteiger partial charge in [-0.1, -0.05) is 6.92 Å². The lowest BCUT2D eigenvalue weighted by Crippen LogP contribution is -2.45. The van der Waals surface area contributed by atoms with Crippen LogP contribution in [0.4, 0.5) is 0 Å². The normalized spacial score (nSPS) is 14.7. The van der Waals surface area contributed by atoms with Crippen molar-refractivity contribution >= 4 is 10.0 Å². The fraction of sp³-hybridized carbons (Fsp3) is 1.00. The molecule has 0 aliphatic carbocycles. The average Bonchev–Trinajstić information content (AvgIpc) is 2.27. The molecule has 110 valence electrons. The minimum absolute atomic E-state index is 0.293. The number of sulfonamides is 1. The molecule has 0 amide bonds. The highest BCUT2D eigenvalue weighted by Crippen LogP contribution is 2.08. The van der Waals surface area contributed by atoms with E-state index >= 15 is 0 Å². The second-order valence-electron chi connectivity index (χ2n) is 5.07. The standard InChI is InChI=1S/C12H28N2O3S/c1-6-8-13-9-11(3)18(15,16)14-10-12(4,5)17-7-2/h11,13-14H,6-10H2,1-5H3. The summed E-state index contributed by atoms with van der Waals surface area (Å²) >= 11 is 0. The molecule has 6 heteroatoms. The number of nitrogens with one attached hydrogen (secondary N) is 2. The van der Waals surface area contributed by atoms with Gasteiger partial charge in [0.2, 0.25) is 10.0 Å². The van der Waals surface area contributed by atoms with Gasteiger partial charge in [-0.2, -0.15) is 0 Å². The summed E-state index contributed by atoms with van der Waals surface area (Å²) < 4.78 is 32.0. The van der Waals surface area contributed by atoms with Gasteiger partial charge in [-0.05, 0) is 40.7 Å². The van der Waals surface area contributed by atoms with E-state index in [4.69, 9.17) is 4.74 Å². The van der Waals surface area contributed by atoms with Gasteiger partial charge in [0, 0.05) is 19.7 Å². The van der Waals surface area contributed by atoms with Gasteiger partial charge in [0.25, 0.3) is 0 Å². The Kier molecular flexibility index (Phi) is 8.02. The lowest BCUT2D eigenvalue weighted by atomic mass is 10.1. The molecule has 0 spiro atoms. The summed E-state index contributed by atoms with van der Waals surface area (Å²) in [4.78, 5) is 0. The summed E-state index contributed by atoms with van der Waals surface area (Å²) in [6.07, 6.45) is 0.998. The molecule has 0 radical (unpaired) electrons. The molecule has 0 aromatic rings. The van der Waals surface area contributed by atoms with Crippen LogP contribution in [0.5, 0.6) is 0 Å².